The first-order valence-electron chi connectivity index (χ1n) is 9.05. The SMILES string of the molecule is COC(=O)c1ccc(N(OC(=O)CSc2ccccc2)C(=O)c2ccccc2)cc1. The van der Waals surface area contributed by atoms with Crippen molar-refractivity contribution < 1.29 is 24.0 Å². The third-order valence-corrected chi connectivity index (χ3v) is 5.01. The average molecular weight is 421 g/mol. The van der Waals surface area contributed by atoms with Gasteiger partial charge in [-0.2, -0.15) is 0 Å². The summed E-state index contributed by atoms with van der Waals surface area (Å²) < 4.78 is 4.68. The Hall–Kier alpha value is -3.58. The number of ether oxygens (including phenoxy) is 1. The zero-order valence-corrected chi connectivity index (χ0v) is 17.0. The zero-order chi connectivity index (χ0) is 21.3. The molecule has 7 heteroatoms. The van der Waals surface area contributed by atoms with E-state index in [-0.39, 0.29) is 5.75 Å². The van der Waals surface area contributed by atoms with Crippen molar-refractivity contribution in [2.45, 2.75) is 4.90 Å². The Balaban J connectivity index is 1.79. The third kappa shape index (κ3) is 5.48. The lowest BCUT2D eigenvalue weighted by atomic mass is 10.2. The van der Waals surface area contributed by atoms with Crippen molar-refractivity contribution in [2.24, 2.45) is 0 Å². The second-order valence-corrected chi connectivity index (χ2v) is 7.12. The number of hydroxylamine groups is 1. The molecule has 0 heterocycles. The van der Waals surface area contributed by atoms with Gasteiger partial charge < -0.3 is 9.57 Å². The van der Waals surface area contributed by atoms with Crippen LogP contribution in [0.4, 0.5) is 5.69 Å². The van der Waals surface area contributed by atoms with Gasteiger partial charge in [0.2, 0.25) is 0 Å². The molecule has 3 rings (SSSR count). The van der Waals surface area contributed by atoms with Gasteiger partial charge in [-0.15, -0.1) is 16.8 Å². The molecule has 0 unspecified atom stereocenters. The molecule has 0 aliphatic heterocycles. The Morgan fingerprint density at radius 3 is 2.00 bits per heavy atom. The number of nitrogens with zero attached hydrogens (tertiary/aromatic N) is 1. The second-order valence-electron chi connectivity index (χ2n) is 6.07. The van der Waals surface area contributed by atoms with Crippen molar-refractivity contribution in [3.8, 4) is 0 Å². The van der Waals surface area contributed by atoms with E-state index in [0.29, 0.717) is 16.8 Å². The van der Waals surface area contributed by atoms with Crippen LogP contribution in [0.1, 0.15) is 20.7 Å². The standard InChI is InChI=1S/C23H19NO5S/c1-28-23(27)18-12-14-19(15-13-18)24(22(26)17-8-4-2-5-9-17)29-21(25)16-30-20-10-6-3-7-11-20/h2-15H,16H2,1H3. The van der Waals surface area contributed by atoms with Gasteiger partial charge in [0, 0.05) is 10.5 Å². The molecule has 30 heavy (non-hydrogen) atoms. The van der Waals surface area contributed by atoms with Gasteiger partial charge in [0.1, 0.15) is 0 Å². The van der Waals surface area contributed by atoms with E-state index >= 15 is 0 Å². The molecule has 0 aliphatic carbocycles. The third-order valence-electron chi connectivity index (χ3n) is 4.02. The number of amides is 1. The summed E-state index contributed by atoms with van der Waals surface area (Å²) in [6.45, 7) is 0. The van der Waals surface area contributed by atoms with Crippen LogP contribution in [0.3, 0.4) is 0 Å². The minimum atomic E-state index is -0.579. The van der Waals surface area contributed by atoms with Crippen LogP contribution in [0.2, 0.25) is 0 Å². The summed E-state index contributed by atoms with van der Waals surface area (Å²) in [4.78, 5) is 43.4. The topological polar surface area (TPSA) is 72.9 Å². The molecule has 0 spiro atoms. The van der Waals surface area contributed by atoms with E-state index in [1.807, 2.05) is 30.3 Å². The molecule has 0 atom stereocenters. The van der Waals surface area contributed by atoms with E-state index in [4.69, 9.17) is 4.84 Å². The number of esters is 1. The second kappa shape index (κ2) is 10.3. The smallest absolute Gasteiger partial charge is 0.343 e. The highest BCUT2D eigenvalue weighted by atomic mass is 32.2. The Bertz CT molecular complexity index is 1010. The summed E-state index contributed by atoms with van der Waals surface area (Å²) in [6, 6.07) is 23.9. The molecule has 6 nitrogen and oxygen atoms in total. The lowest BCUT2D eigenvalue weighted by Crippen LogP contribution is -2.34. The molecule has 0 radical (unpaired) electrons. The molecule has 0 bridgehead atoms. The Morgan fingerprint density at radius 2 is 1.40 bits per heavy atom. The van der Waals surface area contributed by atoms with E-state index in [0.717, 1.165) is 9.96 Å². The van der Waals surface area contributed by atoms with Crippen molar-refractivity contribution in [1.82, 2.24) is 0 Å². The number of anilines is 1. The van der Waals surface area contributed by atoms with Crippen molar-refractivity contribution in [2.75, 3.05) is 17.9 Å². The fourth-order valence-corrected chi connectivity index (χ4v) is 3.23. The molecule has 0 aliphatic rings. The van der Waals surface area contributed by atoms with E-state index < -0.39 is 17.8 Å². The zero-order valence-electron chi connectivity index (χ0n) is 16.2. The molecular formula is C23H19NO5S. The van der Waals surface area contributed by atoms with Gasteiger partial charge >= 0.3 is 11.9 Å². The molecule has 152 valence electrons. The molecule has 0 fully saturated rings. The number of hydrogen-bond acceptors (Lipinski definition) is 6. The average Bonchev–Trinajstić information content (AvgIpc) is 2.81. The summed E-state index contributed by atoms with van der Waals surface area (Å²) in [5.41, 5.74) is 0.993. The van der Waals surface area contributed by atoms with Gasteiger partial charge in [0.15, 0.2) is 0 Å². The van der Waals surface area contributed by atoms with Gasteiger partial charge in [0.25, 0.3) is 5.91 Å². The fourth-order valence-electron chi connectivity index (χ4n) is 2.55. The predicted octanol–water partition coefficient (Wildman–Crippen LogP) is 4.37. The normalized spacial score (nSPS) is 10.2. The molecule has 3 aromatic carbocycles. The number of thioether (sulfide) groups is 1. The van der Waals surface area contributed by atoms with Crippen molar-refractivity contribution >= 4 is 35.3 Å². The van der Waals surface area contributed by atoms with Crippen LogP contribution < -0.4 is 5.06 Å². The van der Waals surface area contributed by atoms with Crippen molar-refractivity contribution in [3.63, 3.8) is 0 Å². The summed E-state index contributed by atoms with van der Waals surface area (Å²) >= 11 is 1.31. The molecule has 3 aromatic rings. The lowest BCUT2D eigenvalue weighted by Gasteiger charge is -2.21. The quantitative estimate of drug-likeness (QED) is 0.334. The number of rotatable bonds is 6. The molecule has 0 aromatic heterocycles. The van der Waals surface area contributed by atoms with Gasteiger partial charge in [-0.3, -0.25) is 4.79 Å². The first-order valence-corrected chi connectivity index (χ1v) is 10.0. The monoisotopic (exact) mass is 421 g/mol. The van der Waals surface area contributed by atoms with Gasteiger partial charge in [-0.05, 0) is 48.5 Å². The molecule has 0 saturated carbocycles. The summed E-state index contributed by atoms with van der Waals surface area (Å²) in [7, 11) is 1.29. The number of benzene rings is 3. The maximum atomic E-state index is 13.0. The Labute approximate surface area is 178 Å². The largest absolute Gasteiger partial charge is 0.465 e. The highest BCUT2D eigenvalue weighted by molar-refractivity contribution is 8.00. The minimum absolute atomic E-state index is 0.0306. The molecule has 1 amide bonds. The summed E-state index contributed by atoms with van der Waals surface area (Å²) in [6.07, 6.45) is 0. The number of methoxy groups -OCH3 is 1. The first kappa shape index (κ1) is 21.1. The van der Waals surface area contributed by atoms with Crippen molar-refractivity contribution in [1.29, 1.82) is 0 Å². The molecule has 0 N–H and O–H groups in total. The van der Waals surface area contributed by atoms with Gasteiger partial charge in [-0.25, -0.2) is 9.59 Å². The van der Waals surface area contributed by atoms with Gasteiger partial charge in [-0.1, -0.05) is 36.4 Å². The first-order chi connectivity index (χ1) is 14.6. The van der Waals surface area contributed by atoms with Crippen LogP contribution in [-0.2, 0) is 14.4 Å². The fraction of sp³-hybridized carbons (Fsp3) is 0.0870. The van der Waals surface area contributed by atoms with Crippen LogP contribution in [-0.4, -0.2) is 30.7 Å². The maximum Gasteiger partial charge on any atom is 0.343 e. The Morgan fingerprint density at radius 1 is 0.800 bits per heavy atom. The van der Waals surface area contributed by atoms with E-state index in [1.54, 1.807) is 30.3 Å². The number of hydrogen-bond donors (Lipinski definition) is 0. The summed E-state index contributed by atoms with van der Waals surface area (Å²) in [5, 5.41) is 0.935. The molecule has 0 saturated heterocycles. The predicted molar refractivity (Wildman–Crippen MR) is 114 cm³/mol. The molecular weight excluding hydrogens is 402 g/mol. The van der Waals surface area contributed by atoms with E-state index in [2.05, 4.69) is 4.74 Å². The van der Waals surface area contributed by atoms with E-state index in [9.17, 15) is 14.4 Å². The Kier molecular flexibility index (Phi) is 7.24. The highest BCUT2D eigenvalue weighted by Gasteiger charge is 2.23. The minimum Gasteiger partial charge on any atom is -0.465 e. The van der Waals surface area contributed by atoms with Crippen LogP contribution in [0, 0.1) is 0 Å². The number of carbonyl (C=O) groups is 3. The van der Waals surface area contributed by atoms with Crippen LogP contribution in [0.25, 0.3) is 0 Å². The summed E-state index contributed by atoms with van der Waals surface area (Å²) in [5.74, 6) is -1.55. The van der Waals surface area contributed by atoms with E-state index in [1.165, 1.54) is 43.1 Å². The highest BCUT2D eigenvalue weighted by Crippen LogP contribution is 2.22. The number of carbonyl (C=O) groups excluding carboxylic acids is 3. The van der Waals surface area contributed by atoms with Crippen molar-refractivity contribution in [3.05, 3.63) is 96.1 Å². The maximum absolute atomic E-state index is 13.0. The van der Waals surface area contributed by atoms with Crippen LogP contribution in [0.15, 0.2) is 89.8 Å². The van der Waals surface area contributed by atoms with Crippen LogP contribution >= 0.6 is 11.8 Å². The van der Waals surface area contributed by atoms with Crippen LogP contribution in [0.5, 0.6) is 0 Å². The lowest BCUT2D eigenvalue weighted by molar-refractivity contribution is -0.140. The van der Waals surface area contributed by atoms with Gasteiger partial charge in [0.05, 0.1) is 24.1 Å².